The number of carbonyl (C=O) groups is 1. The minimum atomic E-state index is -4.49. The molecule has 1 aliphatic rings. The van der Waals surface area contributed by atoms with E-state index in [1.165, 1.54) is 24.5 Å². The molecule has 1 N–H and O–H groups in total. The van der Waals surface area contributed by atoms with E-state index in [1.54, 1.807) is 4.90 Å². The highest BCUT2D eigenvalue weighted by Gasteiger charge is 2.35. The fourth-order valence-corrected chi connectivity index (χ4v) is 4.08. The fourth-order valence-electron chi connectivity index (χ4n) is 4.08. The lowest BCUT2D eigenvalue weighted by Crippen LogP contribution is -2.51. The van der Waals surface area contributed by atoms with Crippen LogP contribution in [0, 0.1) is 17.6 Å². The van der Waals surface area contributed by atoms with E-state index in [4.69, 9.17) is 0 Å². The van der Waals surface area contributed by atoms with Gasteiger partial charge in [0, 0.05) is 19.3 Å². The molecule has 1 aliphatic heterocycles. The van der Waals surface area contributed by atoms with Crippen molar-refractivity contribution >= 4 is 11.7 Å². The highest BCUT2D eigenvalue weighted by molar-refractivity contribution is 5.98. The van der Waals surface area contributed by atoms with Crippen molar-refractivity contribution in [2.24, 2.45) is 5.92 Å². The highest BCUT2D eigenvalue weighted by atomic mass is 19.4. The lowest BCUT2D eigenvalue weighted by Gasteiger charge is -2.40. The third kappa shape index (κ3) is 4.70. The van der Waals surface area contributed by atoms with Gasteiger partial charge in [-0.25, -0.2) is 13.8 Å². The predicted octanol–water partition coefficient (Wildman–Crippen LogP) is 4.31. The van der Waals surface area contributed by atoms with Crippen molar-refractivity contribution in [3.8, 4) is 5.69 Å². The van der Waals surface area contributed by atoms with Crippen molar-refractivity contribution in [3.63, 3.8) is 0 Å². The van der Waals surface area contributed by atoms with Gasteiger partial charge in [0.2, 0.25) is 0 Å². The van der Waals surface area contributed by atoms with Gasteiger partial charge in [-0.2, -0.15) is 23.4 Å². The molecule has 0 aliphatic carbocycles. The maximum absolute atomic E-state index is 14.7. The number of piperidine rings is 1. The van der Waals surface area contributed by atoms with Crippen LogP contribution >= 0.6 is 0 Å². The van der Waals surface area contributed by atoms with Crippen molar-refractivity contribution in [1.29, 1.82) is 0 Å². The van der Waals surface area contributed by atoms with Crippen LogP contribution in [0.4, 0.5) is 27.8 Å². The van der Waals surface area contributed by atoms with E-state index in [0.717, 1.165) is 29.5 Å². The quantitative estimate of drug-likeness (QED) is 0.551. The average Bonchev–Trinajstić information content (AvgIpc) is 3.33. The molecule has 1 aromatic carbocycles. The Hall–Kier alpha value is -3.57. The van der Waals surface area contributed by atoms with E-state index >= 15 is 0 Å². The van der Waals surface area contributed by atoms with Crippen molar-refractivity contribution in [3.05, 3.63) is 65.6 Å². The molecule has 0 radical (unpaired) electrons. The molecule has 3 heterocycles. The van der Waals surface area contributed by atoms with E-state index in [2.05, 4.69) is 20.5 Å². The summed E-state index contributed by atoms with van der Waals surface area (Å²) in [6.45, 7) is 2.54. The normalized spacial score (nSPS) is 18.7. The molecule has 1 fully saturated rings. The Morgan fingerprint density at radius 1 is 1.15 bits per heavy atom. The third-order valence-corrected chi connectivity index (χ3v) is 5.88. The second-order valence-corrected chi connectivity index (χ2v) is 8.07. The Morgan fingerprint density at radius 3 is 2.53 bits per heavy atom. The largest absolute Gasteiger partial charge is 0.417 e. The van der Waals surface area contributed by atoms with Crippen LogP contribution in [-0.2, 0) is 6.18 Å². The van der Waals surface area contributed by atoms with Gasteiger partial charge in [-0.05, 0) is 43.0 Å². The number of benzene rings is 1. The van der Waals surface area contributed by atoms with Gasteiger partial charge in [-0.3, -0.25) is 4.79 Å². The summed E-state index contributed by atoms with van der Waals surface area (Å²) in [5.74, 6) is -2.63. The number of nitrogens with zero attached hydrogens (tertiary/aromatic N) is 5. The summed E-state index contributed by atoms with van der Waals surface area (Å²) in [6.07, 6.45) is 0.345. The first-order chi connectivity index (χ1) is 16.2. The number of likely N-dealkylation sites (tertiary alicyclic amines) is 1. The molecule has 34 heavy (non-hydrogen) atoms. The standard InChI is InChI=1S/C22H21F5N6O/c1-13-3-2-10-32(17(13)12-29-18-7-4-14(11-28-18)22(25,26)27)21(34)15-5-6-16(23)19(24)20(15)33-30-8-9-31-33/h4-9,11,13,17H,2-3,10,12H2,1H3,(H,28,29)/t13-,17?/m1/s1. The molecule has 1 amide bonds. The average molecular weight is 480 g/mol. The van der Waals surface area contributed by atoms with Crippen molar-refractivity contribution in [2.75, 3.05) is 18.4 Å². The number of amides is 1. The van der Waals surface area contributed by atoms with Gasteiger partial charge in [0.25, 0.3) is 5.91 Å². The molecular formula is C22H21F5N6O. The monoisotopic (exact) mass is 480 g/mol. The topological polar surface area (TPSA) is 75.9 Å². The van der Waals surface area contributed by atoms with Crippen LogP contribution in [-0.4, -0.2) is 49.9 Å². The van der Waals surface area contributed by atoms with Gasteiger partial charge >= 0.3 is 6.18 Å². The molecule has 4 rings (SSSR count). The summed E-state index contributed by atoms with van der Waals surface area (Å²) in [4.78, 5) is 19.7. The second-order valence-electron chi connectivity index (χ2n) is 8.07. The van der Waals surface area contributed by atoms with Gasteiger partial charge in [0.1, 0.15) is 11.5 Å². The summed E-state index contributed by atoms with van der Waals surface area (Å²) in [5, 5.41) is 10.7. The Balaban J connectivity index is 1.58. The minimum Gasteiger partial charge on any atom is -0.368 e. The van der Waals surface area contributed by atoms with E-state index in [1.807, 2.05) is 6.92 Å². The molecule has 0 spiro atoms. The smallest absolute Gasteiger partial charge is 0.368 e. The van der Waals surface area contributed by atoms with Crippen LogP contribution in [0.25, 0.3) is 5.69 Å². The maximum Gasteiger partial charge on any atom is 0.417 e. The molecule has 0 bridgehead atoms. The number of pyridine rings is 1. The van der Waals surface area contributed by atoms with Crippen LogP contribution in [0.2, 0.25) is 0 Å². The van der Waals surface area contributed by atoms with Crippen LogP contribution in [0.15, 0.2) is 42.9 Å². The van der Waals surface area contributed by atoms with E-state index in [-0.39, 0.29) is 35.6 Å². The predicted molar refractivity (Wildman–Crippen MR) is 112 cm³/mol. The number of anilines is 1. The lowest BCUT2D eigenvalue weighted by atomic mass is 9.90. The van der Waals surface area contributed by atoms with E-state index in [0.29, 0.717) is 13.0 Å². The molecule has 7 nitrogen and oxygen atoms in total. The first-order valence-electron chi connectivity index (χ1n) is 10.6. The van der Waals surface area contributed by atoms with Gasteiger partial charge < -0.3 is 10.2 Å². The van der Waals surface area contributed by atoms with E-state index in [9.17, 15) is 26.7 Å². The fraction of sp³-hybridized carbons (Fsp3) is 0.364. The van der Waals surface area contributed by atoms with Crippen molar-refractivity contribution in [1.82, 2.24) is 24.9 Å². The van der Waals surface area contributed by atoms with Crippen LogP contribution < -0.4 is 5.32 Å². The molecule has 180 valence electrons. The van der Waals surface area contributed by atoms with Crippen LogP contribution in [0.5, 0.6) is 0 Å². The minimum absolute atomic E-state index is 0.0382. The number of alkyl halides is 3. The number of nitrogens with one attached hydrogen (secondary N) is 1. The Morgan fingerprint density at radius 2 is 1.88 bits per heavy atom. The van der Waals surface area contributed by atoms with Gasteiger partial charge in [-0.15, -0.1) is 4.80 Å². The first-order valence-corrected chi connectivity index (χ1v) is 10.6. The lowest BCUT2D eigenvalue weighted by molar-refractivity contribution is -0.137. The SMILES string of the molecule is C[C@@H]1CCCN(C(=O)c2ccc(F)c(F)c2-n2nccn2)C1CNc1ccc(C(F)(F)F)cn1. The number of aromatic nitrogens is 4. The Labute approximate surface area is 191 Å². The van der Waals surface area contributed by atoms with Crippen LogP contribution in [0.1, 0.15) is 35.7 Å². The van der Waals surface area contributed by atoms with Crippen molar-refractivity contribution in [2.45, 2.75) is 32.0 Å². The Bertz CT molecular complexity index is 1150. The maximum atomic E-state index is 14.7. The molecule has 2 aromatic heterocycles. The summed E-state index contributed by atoms with van der Waals surface area (Å²) in [7, 11) is 0. The molecule has 3 aromatic rings. The van der Waals surface area contributed by atoms with Gasteiger partial charge in [-0.1, -0.05) is 6.92 Å². The second kappa shape index (κ2) is 9.35. The Kier molecular flexibility index (Phi) is 6.49. The zero-order chi connectivity index (χ0) is 24.5. The number of rotatable bonds is 5. The number of carbonyl (C=O) groups excluding carboxylic acids is 1. The number of hydrogen-bond acceptors (Lipinski definition) is 5. The summed E-state index contributed by atoms with van der Waals surface area (Å²) in [5.41, 5.74) is -1.34. The molecule has 1 saturated heterocycles. The molecule has 0 saturated carbocycles. The van der Waals surface area contributed by atoms with E-state index < -0.39 is 29.3 Å². The highest BCUT2D eigenvalue weighted by Crippen LogP contribution is 2.30. The summed E-state index contributed by atoms with van der Waals surface area (Å²) in [6, 6.07) is 3.85. The number of hydrogen-bond donors (Lipinski definition) is 1. The van der Waals surface area contributed by atoms with Gasteiger partial charge in [0.05, 0.1) is 29.6 Å². The first kappa shape index (κ1) is 23.6. The molecular weight excluding hydrogens is 459 g/mol. The zero-order valence-corrected chi connectivity index (χ0v) is 18.1. The van der Waals surface area contributed by atoms with Gasteiger partial charge in [0.15, 0.2) is 11.6 Å². The molecule has 1 unspecified atom stereocenters. The summed E-state index contributed by atoms with van der Waals surface area (Å²) < 4.78 is 66.9. The zero-order valence-electron chi connectivity index (χ0n) is 18.1. The van der Waals surface area contributed by atoms with Crippen molar-refractivity contribution < 1.29 is 26.7 Å². The summed E-state index contributed by atoms with van der Waals surface area (Å²) >= 11 is 0. The third-order valence-electron chi connectivity index (χ3n) is 5.88. The molecule has 2 atom stereocenters. The molecule has 12 heteroatoms. The van der Waals surface area contributed by atoms with Crippen LogP contribution in [0.3, 0.4) is 0 Å². The number of halogens is 5.